The Labute approximate surface area is 118 Å². The molecule has 0 bridgehead atoms. The van der Waals surface area contributed by atoms with Gasteiger partial charge in [-0.05, 0) is 23.8 Å². The molecule has 1 heterocycles. The number of nitrogens with zero attached hydrogens (tertiary/aromatic N) is 1. The fraction of sp³-hybridized carbons (Fsp3) is 0.417. The highest BCUT2D eigenvalue weighted by atomic mass is 35.5. The standard InChI is InChI=1S/C12H11Cl2F2NO2/c13-8-1-2-9(14)7(3-8)5-17-6-12(15,16)4-10(17)11(18)19/h1-3,10H,4-6H2,(H,18,19). The molecule has 3 nitrogen and oxygen atoms in total. The smallest absolute Gasteiger partial charge is 0.321 e. The number of hydrogen-bond acceptors (Lipinski definition) is 2. The van der Waals surface area contributed by atoms with Crippen molar-refractivity contribution in [1.82, 2.24) is 4.90 Å². The van der Waals surface area contributed by atoms with Crippen molar-refractivity contribution < 1.29 is 18.7 Å². The molecule has 1 fully saturated rings. The quantitative estimate of drug-likeness (QED) is 0.931. The Kier molecular flexibility index (Phi) is 3.99. The summed E-state index contributed by atoms with van der Waals surface area (Å²) in [7, 11) is 0. The van der Waals surface area contributed by atoms with Crippen LogP contribution in [-0.2, 0) is 11.3 Å². The van der Waals surface area contributed by atoms with Gasteiger partial charge in [0.2, 0.25) is 0 Å². The van der Waals surface area contributed by atoms with Crippen LogP contribution in [-0.4, -0.2) is 34.5 Å². The van der Waals surface area contributed by atoms with Gasteiger partial charge in [0.05, 0.1) is 6.54 Å². The highest BCUT2D eigenvalue weighted by Gasteiger charge is 2.48. The zero-order valence-corrected chi connectivity index (χ0v) is 11.3. The van der Waals surface area contributed by atoms with Crippen molar-refractivity contribution in [2.45, 2.75) is 24.9 Å². The molecule has 1 aliphatic heterocycles. The van der Waals surface area contributed by atoms with Crippen LogP contribution in [0.25, 0.3) is 0 Å². The molecule has 7 heteroatoms. The predicted octanol–water partition coefficient (Wildman–Crippen LogP) is 3.29. The van der Waals surface area contributed by atoms with Crippen LogP contribution >= 0.6 is 23.2 Å². The Hall–Kier alpha value is -0.910. The lowest BCUT2D eigenvalue weighted by molar-refractivity contribution is -0.142. The summed E-state index contributed by atoms with van der Waals surface area (Å²) < 4.78 is 26.6. The van der Waals surface area contributed by atoms with Gasteiger partial charge < -0.3 is 5.11 Å². The summed E-state index contributed by atoms with van der Waals surface area (Å²) in [4.78, 5) is 12.2. The van der Waals surface area contributed by atoms with Gasteiger partial charge in [-0.15, -0.1) is 0 Å². The largest absolute Gasteiger partial charge is 0.480 e. The van der Waals surface area contributed by atoms with E-state index in [1.54, 1.807) is 18.2 Å². The number of halogens is 4. The van der Waals surface area contributed by atoms with E-state index < -0.39 is 30.9 Å². The van der Waals surface area contributed by atoms with Crippen LogP contribution in [0.5, 0.6) is 0 Å². The second kappa shape index (κ2) is 5.23. The van der Waals surface area contributed by atoms with E-state index in [-0.39, 0.29) is 6.54 Å². The molecule has 1 aromatic carbocycles. The summed E-state index contributed by atoms with van der Waals surface area (Å²) in [6, 6.07) is 3.49. The van der Waals surface area contributed by atoms with Crippen LogP contribution in [0.3, 0.4) is 0 Å². The lowest BCUT2D eigenvalue weighted by Gasteiger charge is -2.21. The number of likely N-dealkylation sites (tertiary alicyclic amines) is 1. The molecule has 1 unspecified atom stereocenters. The number of hydrogen-bond donors (Lipinski definition) is 1. The first-order valence-corrected chi connectivity index (χ1v) is 6.33. The van der Waals surface area contributed by atoms with Crippen LogP contribution < -0.4 is 0 Å². The molecule has 0 spiro atoms. The van der Waals surface area contributed by atoms with Crippen molar-refractivity contribution in [2.24, 2.45) is 0 Å². The van der Waals surface area contributed by atoms with Gasteiger partial charge in [0.1, 0.15) is 6.04 Å². The van der Waals surface area contributed by atoms with E-state index in [0.717, 1.165) is 0 Å². The molecular formula is C12H11Cl2F2NO2. The molecular weight excluding hydrogens is 299 g/mol. The topological polar surface area (TPSA) is 40.5 Å². The third-order valence-corrected chi connectivity index (χ3v) is 3.64. The second-order valence-corrected chi connectivity index (χ2v) is 5.40. The minimum atomic E-state index is -2.99. The van der Waals surface area contributed by atoms with Crippen LogP contribution in [0.2, 0.25) is 10.0 Å². The summed E-state index contributed by atoms with van der Waals surface area (Å²) in [5.74, 6) is -4.25. The fourth-order valence-electron chi connectivity index (χ4n) is 2.18. The molecule has 0 radical (unpaired) electrons. The van der Waals surface area contributed by atoms with Crippen LogP contribution in [0.15, 0.2) is 18.2 Å². The van der Waals surface area contributed by atoms with Gasteiger partial charge in [-0.3, -0.25) is 9.69 Å². The number of carboxylic acids is 1. The van der Waals surface area contributed by atoms with E-state index in [0.29, 0.717) is 15.6 Å². The first kappa shape index (κ1) is 14.5. The number of carbonyl (C=O) groups is 1. The van der Waals surface area contributed by atoms with Gasteiger partial charge in [-0.1, -0.05) is 23.2 Å². The summed E-state index contributed by atoms with van der Waals surface area (Å²) >= 11 is 11.8. The normalized spacial score (nSPS) is 22.6. The molecule has 1 N–H and O–H groups in total. The van der Waals surface area contributed by atoms with Crippen LogP contribution in [0, 0.1) is 0 Å². The third-order valence-electron chi connectivity index (χ3n) is 3.03. The first-order chi connectivity index (χ1) is 8.78. The molecule has 104 valence electrons. The maximum atomic E-state index is 13.3. The minimum Gasteiger partial charge on any atom is -0.480 e. The SMILES string of the molecule is O=C(O)C1CC(F)(F)CN1Cc1cc(Cl)ccc1Cl. The third kappa shape index (κ3) is 3.35. The van der Waals surface area contributed by atoms with Gasteiger partial charge in [-0.2, -0.15) is 0 Å². The Bertz CT molecular complexity index is 511. The highest BCUT2D eigenvalue weighted by molar-refractivity contribution is 6.33. The molecule has 0 amide bonds. The van der Waals surface area contributed by atoms with Crippen molar-refractivity contribution in [3.05, 3.63) is 33.8 Å². The number of carboxylic acid groups (broad SMARTS) is 1. The zero-order chi connectivity index (χ0) is 14.2. The Morgan fingerprint density at radius 2 is 2.16 bits per heavy atom. The maximum Gasteiger partial charge on any atom is 0.321 e. The fourth-order valence-corrected chi connectivity index (χ4v) is 2.55. The second-order valence-electron chi connectivity index (χ2n) is 4.55. The average Bonchev–Trinajstić information content (AvgIpc) is 2.59. The predicted molar refractivity (Wildman–Crippen MR) is 67.9 cm³/mol. The zero-order valence-electron chi connectivity index (χ0n) is 9.75. The Balaban J connectivity index is 2.21. The number of rotatable bonds is 3. The molecule has 0 aliphatic carbocycles. The van der Waals surface area contributed by atoms with E-state index >= 15 is 0 Å². The van der Waals surface area contributed by atoms with E-state index in [4.69, 9.17) is 28.3 Å². The van der Waals surface area contributed by atoms with Crippen LogP contribution in [0.1, 0.15) is 12.0 Å². The van der Waals surface area contributed by atoms with Gasteiger partial charge in [0.15, 0.2) is 0 Å². The number of benzene rings is 1. The Morgan fingerprint density at radius 1 is 1.47 bits per heavy atom. The highest BCUT2D eigenvalue weighted by Crippen LogP contribution is 2.34. The summed E-state index contributed by atoms with van der Waals surface area (Å²) in [5, 5.41) is 9.79. The van der Waals surface area contributed by atoms with Crippen molar-refractivity contribution in [3.63, 3.8) is 0 Å². The summed E-state index contributed by atoms with van der Waals surface area (Å²) in [6.45, 7) is -0.557. The van der Waals surface area contributed by atoms with Crippen molar-refractivity contribution in [3.8, 4) is 0 Å². The van der Waals surface area contributed by atoms with Gasteiger partial charge >= 0.3 is 5.97 Å². The minimum absolute atomic E-state index is 0.0337. The molecule has 1 saturated heterocycles. The van der Waals surface area contributed by atoms with Crippen molar-refractivity contribution in [2.75, 3.05) is 6.54 Å². The molecule has 0 aromatic heterocycles. The maximum absolute atomic E-state index is 13.3. The van der Waals surface area contributed by atoms with Gasteiger partial charge in [-0.25, -0.2) is 8.78 Å². The molecule has 0 saturated carbocycles. The molecule has 19 heavy (non-hydrogen) atoms. The number of alkyl halides is 2. The average molecular weight is 310 g/mol. The molecule has 1 atom stereocenters. The van der Waals surface area contributed by atoms with Crippen molar-refractivity contribution in [1.29, 1.82) is 0 Å². The monoisotopic (exact) mass is 309 g/mol. The van der Waals surface area contributed by atoms with E-state index in [9.17, 15) is 13.6 Å². The molecule has 2 rings (SSSR count). The first-order valence-electron chi connectivity index (χ1n) is 5.57. The summed E-state index contributed by atoms with van der Waals surface area (Å²) in [6.07, 6.45) is -0.680. The molecule has 1 aliphatic rings. The number of aliphatic carboxylic acids is 1. The van der Waals surface area contributed by atoms with Gasteiger partial charge in [0, 0.05) is 23.0 Å². The van der Waals surface area contributed by atoms with E-state index in [2.05, 4.69) is 0 Å². The van der Waals surface area contributed by atoms with E-state index in [1.807, 2.05) is 0 Å². The Morgan fingerprint density at radius 3 is 2.79 bits per heavy atom. The summed E-state index contributed by atoms with van der Waals surface area (Å²) in [5.41, 5.74) is 0.540. The van der Waals surface area contributed by atoms with Crippen molar-refractivity contribution >= 4 is 29.2 Å². The molecule has 1 aromatic rings. The van der Waals surface area contributed by atoms with Crippen LogP contribution in [0.4, 0.5) is 8.78 Å². The lowest BCUT2D eigenvalue weighted by atomic mass is 10.1. The van der Waals surface area contributed by atoms with E-state index in [1.165, 1.54) is 4.90 Å². The lowest BCUT2D eigenvalue weighted by Crippen LogP contribution is -2.35. The van der Waals surface area contributed by atoms with Gasteiger partial charge in [0.25, 0.3) is 5.92 Å².